The van der Waals surface area contributed by atoms with Gasteiger partial charge in [0.05, 0.1) is 0 Å². The van der Waals surface area contributed by atoms with E-state index in [1.54, 1.807) is 6.08 Å². The van der Waals surface area contributed by atoms with Crippen LogP contribution in [-0.4, -0.2) is 12.5 Å². The van der Waals surface area contributed by atoms with Crippen LogP contribution in [0.2, 0.25) is 0 Å². The first-order valence-corrected chi connectivity index (χ1v) is 7.40. The molecule has 1 aromatic carbocycles. The molecule has 0 atom stereocenters. The Morgan fingerprint density at radius 1 is 1.20 bits per heavy atom. The second-order valence-electron chi connectivity index (χ2n) is 4.84. The first-order chi connectivity index (χ1) is 9.76. The first kappa shape index (κ1) is 16.3. The van der Waals surface area contributed by atoms with Gasteiger partial charge in [0.25, 0.3) is 0 Å². The topological polar surface area (TPSA) is 38.3 Å². The van der Waals surface area contributed by atoms with Crippen LogP contribution in [0.25, 0.3) is 0 Å². The molecular formula is C17H25NO2. The Morgan fingerprint density at radius 3 is 2.55 bits per heavy atom. The summed E-state index contributed by atoms with van der Waals surface area (Å²) in [7, 11) is 0. The molecule has 1 rings (SSSR count). The highest BCUT2D eigenvalue weighted by atomic mass is 16.5. The lowest BCUT2D eigenvalue weighted by atomic mass is 10.1. The molecule has 0 saturated heterocycles. The molecular weight excluding hydrogens is 250 g/mol. The molecule has 0 unspecified atom stereocenters. The van der Waals surface area contributed by atoms with E-state index in [9.17, 15) is 4.79 Å². The summed E-state index contributed by atoms with van der Waals surface area (Å²) in [5, 5.41) is 2.90. The quantitative estimate of drug-likeness (QED) is 0.502. The van der Waals surface area contributed by atoms with Gasteiger partial charge in [-0.2, -0.15) is 0 Å². The van der Waals surface area contributed by atoms with Gasteiger partial charge in [-0.1, -0.05) is 45.3 Å². The van der Waals surface area contributed by atoms with Crippen LogP contribution in [0, 0.1) is 0 Å². The Balaban J connectivity index is 2.25. The predicted molar refractivity (Wildman–Crippen MR) is 84.1 cm³/mol. The Kier molecular flexibility index (Phi) is 8.20. The molecule has 0 heterocycles. The maximum Gasteiger partial charge on any atom is 0.224 e. The maximum atomic E-state index is 11.7. The van der Waals surface area contributed by atoms with Crippen molar-refractivity contribution in [3.63, 3.8) is 0 Å². The van der Waals surface area contributed by atoms with Gasteiger partial charge in [-0.3, -0.25) is 4.79 Å². The van der Waals surface area contributed by atoms with Crippen LogP contribution in [0.5, 0.6) is 5.75 Å². The number of carbonyl (C=O) groups is 1. The van der Waals surface area contributed by atoms with Crippen molar-refractivity contribution in [2.45, 2.75) is 45.4 Å². The minimum atomic E-state index is 0.0845. The van der Waals surface area contributed by atoms with Crippen molar-refractivity contribution in [3.8, 4) is 5.75 Å². The van der Waals surface area contributed by atoms with Crippen molar-refractivity contribution < 1.29 is 9.53 Å². The number of benzene rings is 1. The number of anilines is 1. The number of hydrogen-bond acceptors (Lipinski definition) is 2. The summed E-state index contributed by atoms with van der Waals surface area (Å²) in [5.74, 6) is 0.865. The van der Waals surface area contributed by atoms with Crippen LogP contribution in [-0.2, 0) is 4.79 Å². The third kappa shape index (κ3) is 6.98. The monoisotopic (exact) mass is 275 g/mol. The van der Waals surface area contributed by atoms with Crippen molar-refractivity contribution in [3.05, 3.63) is 36.9 Å². The van der Waals surface area contributed by atoms with Crippen molar-refractivity contribution in [1.82, 2.24) is 0 Å². The zero-order valence-electron chi connectivity index (χ0n) is 12.4. The normalized spacial score (nSPS) is 10.1. The Hall–Kier alpha value is -1.77. The lowest BCUT2D eigenvalue weighted by molar-refractivity contribution is -0.116. The van der Waals surface area contributed by atoms with Crippen molar-refractivity contribution in [2.24, 2.45) is 0 Å². The molecule has 0 spiro atoms. The third-order valence-corrected chi connectivity index (χ3v) is 3.01. The van der Waals surface area contributed by atoms with E-state index in [0.717, 1.165) is 24.3 Å². The lowest BCUT2D eigenvalue weighted by Gasteiger charge is -2.07. The summed E-state index contributed by atoms with van der Waals surface area (Å²) >= 11 is 0. The molecule has 0 aliphatic rings. The highest BCUT2D eigenvalue weighted by Gasteiger charge is 2.02. The van der Waals surface area contributed by atoms with Crippen molar-refractivity contribution >= 4 is 11.6 Å². The summed E-state index contributed by atoms with van der Waals surface area (Å²) in [6.45, 7) is 6.28. The van der Waals surface area contributed by atoms with Crippen LogP contribution in [0.4, 0.5) is 5.69 Å². The molecule has 0 aromatic heterocycles. The Labute approximate surface area is 122 Å². The number of nitrogens with one attached hydrogen (secondary N) is 1. The van der Waals surface area contributed by atoms with E-state index >= 15 is 0 Å². The zero-order valence-corrected chi connectivity index (χ0v) is 12.4. The van der Waals surface area contributed by atoms with Gasteiger partial charge in [0.2, 0.25) is 5.91 Å². The minimum absolute atomic E-state index is 0.0845. The summed E-state index contributed by atoms with van der Waals surface area (Å²) in [4.78, 5) is 11.7. The molecule has 3 heteroatoms. The van der Waals surface area contributed by atoms with Gasteiger partial charge < -0.3 is 10.1 Å². The Morgan fingerprint density at radius 2 is 1.90 bits per heavy atom. The minimum Gasteiger partial charge on any atom is -0.490 e. The number of carbonyl (C=O) groups excluding carboxylic acids is 1. The molecule has 0 aliphatic carbocycles. The lowest BCUT2D eigenvalue weighted by Crippen LogP contribution is -2.10. The van der Waals surface area contributed by atoms with Gasteiger partial charge in [0.1, 0.15) is 12.4 Å². The van der Waals surface area contributed by atoms with Gasteiger partial charge >= 0.3 is 0 Å². The first-order valence-electron chi connectivity index (χ1n) is 7.40. The molecule has 0 radical (unpaired) electrons. The van der Waals surface area contributed by atoms with E-state index in [4.69, 9.17) is 4.74 Å². The summed E-state index contributed by atoms with van der Waals surface area (Å²) in [6.07, 6.45) is 8.11. The van der Waals surface area contributed by atoms with Crippen LogP contribution < -0.4 is 10.1 Å². The van der Waals surface area contributed by atoms with Gasteiger partial charge in [-0.05, 0) is 30.7 Å². The zero-order chi connectivity index (χ0) is 14.6. The van der Waals surface area contributed by atoms with Crippen LogP contribution in [0.15, 0.2) is 36.9 Å². The van der Waals surface area contributed by atoms with Gasteiger partial charge in [-0.15, -0.1) is 0 Å². The molecule has 3 nitrogen and oxygen atoms in total. The maximum absolute atomic E-state index is 11.7. The van der Waals surface area contributed by atoms with E-state index in [1.165, 1.54) is 19.3 Å². The highest BCUT2D eigenvalue weighted by molar-refractivity contribution is 5.90. The number of ether oxygens (including phenoxy) is 1. The van der Waals surface area contributed by atoms with Crippen LogP contribution in [0.3, 0.4) is 0 Å². The smallest absolute Gasteiger partial charge is 0.224 e. The van der Waals surface area contributed by atoms with E-state index in [2.05, 4.69) is 18.8 Å². The Bertz CT molecular complexity index is 398. The van der Waals surface area contributed by atoms with Crippen LogP contribution in [0.1, 0.15) is 45.4 Å². The highest BCUT2D eigenvalue weighted by Crippen LogP contribution is 2.16. The predicted octanol–water partition coefficient (Wildman–Crippen LogP) is 4.55. The molecule has 1 aromatic rings. The summed E-state index contributed by atoms with van der Waals surface area (Å²) in [5.41, 5.74) is 0.814. The number of hydrogen-bond donors (Lipinski definition) is 1. The fourth-order valence-corrected chi connectivity index (χ4v) is 1.90. The van der Waals surface area contributed by atoms with E-state index < -0.39 is 0 Å². The van der Waals surface area contributed by atoms with E-state index in [-0.39, 0.29) is 5.91 Å². The molecule has 20 heavy (non-hydrogen) atoms. The molecule has 1 amide bonds. The van der Waals surface area contributed by atoms with Gasteiger partial charge in [0, 0.05) is 12.1 Å². The molecule has 110 valence electrons. The fourth-order valence-electron chi connectivity index (χ4n) is 1.90. The average Bonchev–Trinajstić information content (AvgIpc) is 2.46. The second kappa shape index (κ2) is 10.1. The standard InChI is InChI=1S/C17H25NO2/c1-3-5-6-7-8-9-17(19)18-15-10-12-16(13-11-15)20-14-4-2/h4,10-13H,2-3,5-9,14H2,1H3,(H,18,19). The molecule has 0 fully saturated rings. The largest absolute Gasteiger partial charge is 0.490 e. The third-order valence-electron chi connectivity index (χ3n) is 3.01. The second-order valence-corrected chi connectivity index (χ2v) is 4.84. The number of unbranched alkanes of at least 4 members (excludes halogenated alkanes) is 4. The van der Waals surface area contributed by atoms with Crippen LogP contribution >= 0.6 is 0 Å². The fraction of sp³-hybridized carbons (Fsp3) is 0.471. The molecule has 0 aliphatic heterocycles. The van der Waals surface area contributed by atoms with Gasteiger partial charge in [0.15, 0.2) is 0 Å². The van der Waals surface area contributed by atoms with Crippen molar-refractivity contribution in [1.29, 1.82) is 0 Å². The summed E-state index contributed by atoms with van der Waals surface area (Å²) < 4.78 is 5.39. The molecule has 0 saturated carbocycles. The van der Waals surface area contributed by atoms with E-state index in [1.807, 2.05) is 24.3 Å². The van der Waals surface area contributed by atoms with Crippen molar-refractivity contribution in [2.75, 3.05) is 11.9 Å². The van der Waals surface area contributed by atoms with E-state index in [0.29, 0.717) is 13.0 Å². The number of amides is 1. The number of rotatable bonds is 10. The SMILES string of the molecule is C=CCOc1ccc(NC(=O)CCCCCCC)cc1. The summed E-state index contributed by atoms with van der Waals surface area (Å²) in [6, 6.07) is 7.40. The molecule has 1 N–H and O–H groups in total. The molecule has 0 bridgehead atoms. The van der Waals surface area contributed by atoms with Gasteiger partial charge in [-0.25, -0.2) is 0 Å². The average molecular weight is 275 g/mol.